The molecule has 0 bridgehead atoms. The fourth-order valence-corrected chi connectivity index (χ4v) is 5.10. The van der Waals surface area contributed by atoms with E-state index in [-0.39, 0.29) is 18.5 Å². The molecule has 0 saturated heterocycles. The molecule has 0 spiro atoms. The van der Waals surface area contributed by atoms with E-state index in [1.807, 2.05) is 30.3 Å². The van der Waals surface area contributed by atoms with Gasteiger partial charge in [0.2, 0.25) is 5.91 Å². The molecule has 1 amide bonds. The summed E-state index contributed by atoms with van der Waals surface area (Å²) in [5.41, 5.74) is 2.73. The normalized spacial score (nSPS) is 20.0. The van der Waals surface area contributed by atoms with Gasteiger partial charge in [-0.2, -0.15) is 5.26 Å². The Balaban J connectivity index is 1.63. The summed E-state index contributed by atoms with van der Waals surface area (Å²) >= 11 is 0. The van der Waals surface area contributed by atoms with Crippen molar-refractivity contribution in [1.82, 2.24) is 10.2 Å². The first-order chi connectivity index (χ1) is 15.6. The third-order valence-corrected chi connectivity index (χ3v) is 6.74. The monoisotopic (exact) mass is 433 g/mol. The number of nitrogens with zero attached hydrogens (tertiary/aromatic N) is 2. The van der Waals surface area contributed by atoms with Crippen molar-refractivity contribution in [2.24, 2.45) is 0 Å². The van der Waals surface area contributed by atoms with Crippen LogP contribution in [-0.4, -0.2) is 43.7 Å². The van der Waals surface area contributed by atoms with E-state index in [1.54, 1.807) is 14.2 Å². The summed E-state index contributed by atoms with van der Waals surface area (Å²) in [6.07, 6.45) is 5.38. The predicted octanol–water partition coefficient (Wildman–Crippen LogP) is 3.99. The molecule has 1 aliphatic heterocycles. The van der Waals surface area contributed by atoms with Crippen LogP contribution >= 0.6 is 0 Å². The van der Waals surface area contributed by atoms with Crippen molar-refractivity contribution in [3.8, 4) is 17.6 Å². The van der Waals surface area contributed by atoms with Gasteiger partial charge < -0.3 is 14.8 Å². The van der Waals surface area contributed by atoms with Gasteiger partial charge in [0, 0.05) is 6.54 Å². The lowest BCUT2D eigenvalue weighted by molar-refractivity contribution is -0.124. The highest BCUT2D eigenvalue weighted by atomic mass is 16.5. The molecule has 0 radical (unpaired) electrons. The van der Waals surface area contributed by atoms with Gasteiger partial charge in [-0.15, -0.1) is 0 Å². The van der Waals surface area contributed by atoms with Crippen molar-refractivity contribution in [3.05, 3.63) is 59.2 Å². The summed E-state index contributed by atoms with van der Waals surface area (Å²) in [7, 11) is 3.29. The number of benzene rings is 2. The Hall–Kier alpha value is -3.04. The second kappa shape index (κ2) is 9.62. The highest BCUT2D eigenvalue weighted by Crippen LogP contribution is 2.41. The topological polar surface area (TPSA) is 74.6 Å². The molecule has 1 fully saturated rings. The van der Waals surface area contributed by atoms with Crippen molar-refractivity contribution >= 4 is 5.91 Å². The molecular formula is C26H31N3O3. The number of ether oxygens (including phenoxy) is 2. The van der Waals surface area contributed by atoms with E-state index in [0.717, 1.165) is 61.9 Å². The van der Waals surface area contributed by atoms with E-state index < -0.39 is 5.54 Å². The Morgan fingerprint density at radius 3 is 2.47 bits per heavy atom. The van der Waals surface area contributed by atoms with Crippen LogP contribution in [0.25, 0.3) is 0 Å². The van der Waals surface area contributed by atoms with Crippen molar-refractivity contribution < 1.29 is 14.3 Å². The molecule has 2 aliphatic rings. The lowest BCUT2D eigenvalue weighted by atomic mass is 9.83. The fraction of sp³-hybridized carbons (Fsp3) is 0.462. The zero-order chi connectivity index (χ0) is 22.6. The molecule has 32 heavy (non-hydrogen) atoms. The molecule has 1 aliphatic carbocycles. The summed E-state index contributed by atoms with van der Waals surface area (Å²) in [4.78, 5) is 15.3. The van der Waals surface area contributed by atoms with E-state index in [2.05, 4.69) is 28.4 Å². The van der Waals surface area contributed by atoms with Crippen LogP contribution in [0.2, 0.25) is 0 Å². The maximum absolute atomic E-state index is 13.1. The van der Waals surface area contributed by atoms with E-state index >= 15 is 0 Å². The number of hydrogen-bond donors (Lipinski definition) is 1. The summed E-state index contributed by atoms with van der Waals surface area (Å²) in [6.45, 7) is 0.992. The minimum absolute atomic E-state index is 0.0742. The molecule has 1 heterocycles. The first-order valence-electron chi connectivity index (χ1n) is 11.4. The molecule has 6 heteroatoms. The summed E-state index contributed by atoms with van der Waals surface area (Å²) < 4.78 is 11.1. The second-order valence-electron chi connectivity index (χ2n) is 8.74. The van der Waals surface area contributed by atoms with Crippen molar-refractivity contribution in [1.29, 1.82) is 5.26 Å². The van der Waals surface area contributed by atoms with Gasteiger partial charge >= 0.3 is 0 Å². The van der Waals surface area contributed by atoms with E-state index in [9.17, 15) is 10.1 Å². The van der Waals surface area contributed by atoms with Gasteiger partial charge in [0.25, 0.3) is 0 Å². The van der Waals surface area contributed by atoms with Crippen LogP contribution in [-0.2, 0) is 11.2 Å². The van der Waals surface area contributed by atoms with Crippen molar-refractivity contribution in [3.63, 3.8) is 0 Å². The number of nitriles is 1. The molecule has 2 aromatic carbocycles. The molecular weight excluding hydrogens is 402 g/mol. The number of amides is 1. The van der Waals surface area contributed by atoms with Crippen LogP contribution in [0.3, 0.4) is 0 Å². The molecule has 4 rings (SSSR count). The SMILES string of the molecule is COc1cc2c(cc1OC)C(c1ccccc1)N(CC(=O)NC1(C#N)CCCCC1)CC2. The number of methoxy groups -OCH3 is 2. The van der Waals surface area contributed by atoms with Gasteiger partial charge in [0.1, 0.15) is 5.54 Å². The average Bonchev–Trinajstić information content (AvgIpc) is 2.84. The van der Waals surface area contributed by atoms with Gasteiger partial charge in [0.05, 0.1) is 32.9 Å². The predicted molar refractivity (Wildman–Crippen MR) is 123 cm³/mol. The molecule has 0 aromatic heterocycles. The standard InChI is InChI=1S/C26H31N3O3/c1-31-22-15-20-11-14-29(17-24(30)28-26(18-27)12-7-4-8-13-26)25(19-9-5-3-6-10-19)21(20)16-23(22)32-2/h3,5-6,9-10,15-16,25H,4,7-8,11-14,17H2,1-2H3,(H,28,30). The molecule has 1 atom stereocenters. The highest BCUT2D eigenvalue weighted by molar-refractivity contribution is 5.79. The Morgan fingerprint density at radius 2 is 1.81 bits per heavy atom. The zero-order valence-electron chi connectivity index (χ0n) is 18.9. The molecule has 1 unspecified atom stereocenters. The Bertz CT molecular complexity index is 993. The second-order valence-corrected chi connectivity index (χ2v) is 8.74. The smallest absolute Gasteiger partial charge is 0.235 e. The Morgan fingerprint density at radius 1 is 1.12 bits per heavy atom. The number of nitrogens with one attached hydrogen (secondary N) is 1. The highest BCUT2D eigenvalue weighted by Gasteiger charge is 2.36. The van der Waals surface area contributed by atoms with Gasteiger partial charge in [0.15, 0.2) is 11.5 Å². The fourth-order valence-electron chi connectivity index (χ4n) is 5.10. The van der Waals surface area contributed by atoms with E-state index in [0.29, 0.717) is 5.75 Å². The Labute approximate surface area is 190 Å². The third kappa shape index (κ3) is 4.44. The number of hydrogen-bond acceptors (Lipinski definition) is 5. The minimum Gasteiger partial charge on any atom is -0.493 e. The third-order valence-electron chi connectivity index (χ3n) is 6.74. The molecule has 168 valence electrons. The zero-order valence-corrected chi connectivity index (χ0v) is 18.9. The lowest BCUT2D eigenvalue weighted by Gasteiger charge is -2.39. The first kappa shape index (κ1) is 22.2. The number of carbonyl (C=O) groups excluding carboxylic acids is 1. The largest absolute Gasteiger partial charge is 0.493 e. The van der Waals surface area contributed by atoms with Crippen molar-refractivity contribution in [2.45, 2.75) is 50.1 Å². The summed E-state index contributed by atoms with van der Waals surface area (Å²) in [5, 5.41) is 12.8. The van der Waals surface area contributed by atoms with E-state index in [4.69, 9.17) is 9.47 Å². The number of fused-ring (bicyclic) bond motifs is 1. The quantitative estimate of drug-likeness (QED) is 0.746. The van der Waals surface area contributed by atoms with Gasteiger partial charge in [-0.05, 0) is 48.1 Å². The van der Waals surface area contributed by atoms with Crippen LogP contribution in [0.1, 0.15) is 54.8 Å². The van der Waals surface area contributed by atoms with Gasteiger partial charge in [-0.3, -0.25) is 9.69 Å². The van der Waals surface area contributed by atoms with Crippen LogP contribution < -0.4 is 14.8 Å². The number of rotatable bonds is 6. The van der Waals surface area contributed by atoms with Crippen molar-refractivity contribution in [2.75, 3.05) is 27.3 Å². The van der Waals surface area contributed by atoms with Crippen LogP contribution in [0.4, 0.5) is 0 Å². The van der Waals surface area contributed by atoms with Gasteiger partial charge in [-0.25, -0.2) is 0 Å². The summed E-state index contributed by atoms with van der Waals surface area (Å²) in [5.74, 6) is 1.32. The van der Waals surface area contributed by atoms with Gasteiger partial charge in [-0.1, -0.05) is 49.6 Å². The molecule has 1 N–H and O–H groups in total. The van der Waals surface area contributed by atoms with Crippen LogP contribution in [0.15, 0.2) is 42.5 Å². The molecule has 2 aromatic rings. The summed E-state index contributed by atoms with van der Waals surface area (Å²) in [6, 6.07) is 16.6. The first-order valence-corrected chi connectivity index (χ1v) is 11.4. The lowest BCUT2D eigenvalue weighted by Crippen LogP contribution is -2.52. The minimum atomic E-state index is -0.720. The van der Waals surface area contributed by atoms with Crippen LogP contribution in [0.5, 0.6) is 11.5 Å². The maximum atomic E-state index is 13.1. The average molecular weight is 434 g/mol. The molecule has 1 saturated carbocycles. The maximum Gasteiger partial charge on any atom is 0.235 e. The number of carbonyl (C=O) groups is 1. The van der Waals surface area contributed by atoms with E-state index in [1.165, 1.54) is 5.56 Å². The Kier molecular flexibility index (Phi) is 6.66. The van der Waals surface area contributed by atoms with Crippen LogP contribution in [0, 0.1) is 11.3 Å². The molecule has 6 nitrogen and oxygen atoms in total.